The molecule has 2 nitrogen and oxygen atoms in total. The maximum Gasteiger partial charge on any atom is 0.0805 e. The van der Waals surface area contributed by atoms with E-state index in [-0.39, 0.29) is 6.04 Å². The molecule has 0 saturated heterocycles. The number of benzene rings is 1. The Kier molecular flexibility index (Phi) is 5.63. The normalized spacial score (nSPS) is 12.7. The van der Waals surface area contributed by atoms with Crippen LogP contribution in [-0.2, 0) is 6.42 Å². The van der Waals surface area contributed by atoms with Crippen LogP contribution < -0.4 is 5.32 Å². The van der Waals surface area contributed by atoms with Crippen molar-refractivity contribution in [3.8, 4) is 0 Å². The van der Waals surface area contributed by atoms with E-state index < -0.39 is 0 Å². The summed E-state index contributed by atoms with van der Waals surface area (Å²) in [6, 6.07) is 10.2. The van der Waals surface area contributed by atoms with Crippen LogP contribution in [0.15, 0.2) is 36.5 Å². The monoisotopic (exact) mass is 322 g/mol. The summed E-state index contributed by atoms with van der Waals surface area (Å²) in [5.74, 6) is 0.630. The van der Waals surface area contributed by atoms with Crippen LogP contribution in [-0.4, -0.2) is 12.0 Å². The van der Waals surface area contributed by atoms with Gasteiger partial charge >= 0.3 is 0 Å². The molecule has 2 aromatic rings. The molecule has 0 spiro atoms. The quantitative estimate of drug-likeness (QED) is 0.847. The van der Waals surface area contributed by atoms with Crippen molar-refractivity contribution in [3.05, 3.63) is 63.4 Å². The largest absolute Gasteiger partial charge is 0.308 e. The van der Waals surface area contributed by atoms with Gasteiger partial charge in [0.05, 0.1) is 21.8 Å². The van der Waals surface area contributed by atoms with E-state index in [1.165, 1.54) is 5.56 Å². The highest BCUT2D eigenvalue weighted by molar-refractivity contribution is 6.34. The standard InChI is InChI=1S/C17H20Cl2N2/c1-11(2)7-12-5-4-6-13(8-12)16(20-3)17-15(19)9-14(18)10-21-17/h4-6,8-11,16,20H,7H2,1-3H3. The van der Waals surface area contributed by atoms with Gasteiger partial charge in [0.15, 0.2) is 0 Å². The fraction of sp³-hybridized carbons (Fsp3) is 0.353. The number of halogens is 2. The van der Waals surface area contributed by atoms with Gasteiger partial charge in [0.1, 0.15) is 0 Å². The maximum atomic E-state index is 6.29. The molecule has 21 heavy (non-hydrogen) atoms. The van der Waals surface area contributed by atoms with Gasteiger partial charge in [-0.25, -0.2) is 0 Å². The molecule has 0 amide bonds. The highest BCUT2D eigenvalue weighted by Gasteiger charge is 2.17. The molecular formula is C17H20Cl2N2. The molecule has 1 N–H and O–H groups in total. The maximum absolute atomic E-state index is 6.29. The molecule has 0 aliphatic heterocycles. The molecule has 0 saturated carbocycles. The van der Waals surface area contributed by atoms with Crippen LogP contribution in [0.25, 0.3) is 0 Å². The number of aromatic nitrogens is 1. The zero-order chi connectivity index (χ0) is 15.4. The van der Waals surface area contributed by atoms with Crippen LogP contribution >= 0.6 is 23.2 Å². The van der Waals surface area contributed by atoms with Crippen molar-refractivity contribution in [1.82, 2.24) is 10.3 Å². The predicted octanol–water partition coefficient (Wildman–Crippen LogP) is 4.90. The predicted molar refractivity (Wildman–Crippen MR) is 90.1 cm³/mol. The molecule has 1 atom stereocenters. The van der Waals surface area contributed by atoms with Gasteiger partial charge in [-0.2, -0.15) is 0 Å². The van der Waals surface area contributed by atoms with E-state index in [0.29, 0.717) is 16.0 Å². The average molecular weight is 323 g/mol. The lowest BCUT2D eigenvalue weighted by Gasteiger charge is -2.18. The number of nitrogens with one attached hydrogen (secondary N) is 1. The minimum absolute atomic E-state index is 0.0399. The second-order valence-corrected chi connectivity index (χ2v) is 6.43. The topological polar surface area (TPSA) is 24.9 Å². The third-order valence-corrected chi connectivity index (χ3v) is 3.84. The highest BCUT2D eigenvalue weighted by Crippen LogP contribution is 2.28. The van der Waals surface area contributed by atoms with Gasteiger partial charge in [0.25, 0.3) is 0 Å². The minimum Gasteiger partial charge on any atom is -0.308 e. The Hall–Kier alpha value is -1.09. The van der Waals surface area contributed by atoms with E-state index in [4.69, 9.17) is 23.2 Å². The van der Waals surface area contributed by atoms with Gasteiger partial charge in [-0.1, -0.05) is 61.3 Å². The van der Waals surface area contributed by atoms with Crippen LogP contribution in [0.2, 0.25) is 10.0 Å². The summed E-state index contributed by atoms with van der Waals surface area (Å²) in [4.78, 5) is 4.39. The first-order valence-corrected chi connectivity index (χ1v) is 7.84. The van der Waals surface area contributed by atoms with Crippen molar-refractivity contribution in [3.63, 3.8) is 0 Å². The molecule has 2 rings (SSSR count). The zero-order valence-corrected chi connectivity index (χ0v) is 14.0. The van der Waals surface area contributed by atoms with E-state index in [1.54, 1.807) is 12.3 Å². The van der Waals surface area contributed by atoms with Crippen LogP contribution in [0.3, 0.4) is 0 Å². The summed E-state index contributed by atoms with van der Waals surface area (Å²) >= 11 is 12.2. The van der Waals surface area contributed by atoms with E-state index in [0.717, 1.165) is 17.7 Å². The molecule has 0 aliphatic rings. The second-order valence-electron chi connectivity index (χ2n) is 5.59. The van der Waals surface area contributed by atoms with E-state index in [9.17, 15) is 0 Å². The molecule has 1 unspecified atom stereocenters. The summed E-state index contributed by atoms with van der Waals surface area (Å²) < 4.78 is 0. The van der Waals surface area contributed by atoms with Crippen LogP contribution in [0.1, 0.15) is 36.7 Å². The molecular weight excluding hydrogens is 303 g/mol. The number of pyridine rings is 1. The Bertz CT molecular complexity index is 611. The average Bonchev–Trinajstić information content (AvgIpc) is 2.41. The van der Waals surface area contributed by atoms with Gasteiger partial charge in [0, 0.05) is 6.20 Å². The highest BCUT2D eigenvalue weighted by atomic mass is 35.5. The number of hydrogen-bond donors (Lipinski definition) is 1. The van der Waals surface area contributed by atoms with E-state index in [1.807, 2.05) is 7.05 Å². The fourth-order valence-electron chi connectivity index (χ4n) is 2.47. The van der Waals surface area contributed by atoms with Crippen molar-refractivity contribution in [1.29, 1.82) is 0 Å². The zero-order valence-electron chi connectivity index (χ0n) is 12.5. The second kappa shape index (κ2) is 7.26. The van der Waals surface area contributed by atoms with Gasteiger partial charge in [-0.3, -0.25) is 4.98 Å². The van der Waals surface area contributed by atoms with Gasteiger partial charge in [-0.15, -0.1) is 0 Å². The summed E-state index contributed by atoms with van der Waals surface area (Å²) in [5.41, 5.74) is 3.28. The van der Waals surface area contributed by atoms with Gasteiger partial charge in [-0.05, 0) is 36.6 Å². The molecule has 1 heterocycles. The van der Waals surface area contributed by atoms with Crippen LogP contribution in [0, 0.1) is 5.92 Å². The molecule has 0 bridgehead atoms. The van der Waals surface area contributed by atoms with Crippen molar-refractivity contribution in [2.45, 2.75) is 26.3 Å². The third-order valence-electron chi connectivity index (χ3n) is 3.33. The van der Waals surface area contributed by atoms with Crippen molar-refractivity contribution < 1.29 is 0 Å². The first-order chi connectivity index (χ1) is 10.0. The smallest absolute Gasteiger partial charge is 0.0805 e. The Balaban J connectivity index is 2.37. The van der Waals surface area contributed by atoms with Crippen molar-refractivity contribution >= 4 is 23.2 Å². The molecule has 1 aromatic heterocycles. The lowest BCUT2D eigenvalue weighted by molar-refractivity contribution is 0.640. The fourth-order valence-corrected chi connectivity index (χ4v) is 2.96. The molecule has 1 aromatic carbocycles. The van der Waals surface area contributed by atoms with Crippen LogP contribution in [0.4, 0.5) is 0 Å². The van der Waals surface area contributed by atoms with Gasteiger partial charge in [0.2, 0.25) is 0 Å². The minimum atomic E-state index is -0.0399. The Morgan fingerprint density at radius 2 is 1.95 bits per heavy atom. The Labute approximate surface area is 136 Å². The van der Waals surface area contributed by atoms with Gasteiger partial charge < -0.3 is 5.32 Å². The number of hydrogen-bond acceptors (Lipinski definition) is 2. The first kappa shape index (κ1) is 16.3. The first-order valence-electron chi connectivity index (χ1n) is 7.08. The third kappa shape index (κ3) is 4.19. The Morgan fingerprint density at radius 1 is 1.19 bits per heavy atom. The lowest BCUT2D eigenvalue weighted by atomic mass is 9.97. The molecule has 4 heteroatoms. The molecule has 0 fully saturated rings. The summed E-state index contributed by atoms with van der Waals surface area (Å²) in [6.07, 6.45) is 2.69. The summed E-state index contributed by atoms with van der Waals surface area (Å²) in [6.45, 7) is 4.44. The van der Waals surface area contributed by atoms with E-state index in [2.05, 4.69) is 48.4 Å². The SMILES string of the molecule is CNC(c1cccc(CC(C)C)c1)c1ncc(Cl)cc1Cl. The molecule has 0 radical (unpaired) electrons. The van der Waals surface area contributed by atoms with Crippen LogP contribution in [0.5, 0.6) is 0 Å². The lowest BCUT2D eigenvalue weighted by Crippen LogP contribution is -2.19. The molecule has 0 aliphatic carbocycles. The number of nitrogens with zero attached hydrogens (tertiary/aromatic N) is 1. The summed E-state index contributed by atoms with van der Waals surface area (Å²) in [5, 5.41) is 4.41. The number of rotatable bonds is 5. The molecule has 112 valence electrons. The van der Waals surface area contributed by atoms with Crippen molar-refractivity contribution in [2.24, 2.45) is 5.92 Å². The Morgan fingerprint density at radius 3 is 2.57 bits per heavy atom. The summed E-state index contributed by atoms with van der Waals surface area (Å²) in [7, 11) is 1.91. The van der Waals surface area contributed by atoms with Crippen molar-refractivity contribution in [2.75, 3.05) is 7.05 Å². The van der Waals surface area contributed by atoms with E-state index >= 15 is 0 Å².